The van der Waals surface area contributed by atoms with E-state index in [2.05, 4.69) is 17.2 Å². The molecule has 3 rings (SSSR count). The molecule has 0 saturated carbocycles. The summed E-state index contributed by atoms with van der Waals surface area (Å²) in [4.78, 5) is 24.7. The van der Waals surface area contributed by atoms with Crippen molar-refractivity contribution in [2.75, 3.05) is 6.54 Å². The molecule has 1 saturated heterocycles. The van der Waals surface area contributed by atoms with Crippen LogP contribution in [-0.4, -0.2) is 24.1 Å². The number of nitrogens with one attached hydrogen (secondary N) is 2. The van der Waals surface area contributed by atoms with Crippen LogP contribution in [0, 0.1) is 5.92 Å². The van der Waals surface area contributed by atoms with Gasteiger partial charge in [-0.2, -0.15) is 0 Å². The molecule has 3 atom stereocenters. The van der Waals surface area contributed by atoms with Gasteiger partial charge in [0.2, 0.25) is 11.8 Å². The van der Waals surface area contributed by atoms with Gasteiger partial charge in [0.15, 0.2) is 5.72 Å². The maximum atomic E-state index is 12.3. The number of piperidine rings is 1. The Morgan fingerprint density at radius 2 is 2.33 bits per heavy atom. The zero-order valence-corrected chi connectivity index (χ0v) is 11.9. The highest BCUT2D eigenvalue weighted by molar-refractivity contribution is 6.02. The first-order valence-corrected chi connectivity index (χ1v) is 7.03. The predicted molar refractivity (Wildman–Crippen MR) is 77.7 cm³/mol. The molecule has 2 amide bonds. The van der Waals surface area contributed by atoms with E-state index in [0.717, 1.165) is 11.3 Å². The summed E-state index contributed by atoms with van der Waals surface area (Å²) >= 11 is 0. The van der Waals surface area contributed by atoms with Crippen molar-refractivity contribution in [3.63, 3.8) is 0 Å². The summed E-state index contributed by atoms with van der Waals surface area (Å²) in [7, 11) is 0. The third kappa shape index (κ3) is 2.28. The number of carbonyl (C=O) groups is 2. The monoisotopic (exact) mass is 286 g/mol. The van der Waals surface area contributed by atoms with Crippen LogP contribution in [-0.2, 0) is 9.59 Å². The number of hydrogen-bond acceptors (Lipinski definition) is 3. The molecule has 1 aromatic carbocycles. The quantitative estimate of drug-likeness (QED) is 0.650. The maximum Gasteiger partial charge on any atom is 0.236 e. The van der Waals surface area contributed by atoms with Crippen LogP contribution < -0.4 is 15.4 Å². The summed E-state index contributed by atoms with van der Waals surface area (Å²) in [5.74, 6) is -0.722. The van der Waals surface area contributed by atoms with Crippen LogP contribution in [0.4, 0.5) is 0 Å². The minimum Gasteiger partial charge on any atom is -0.468 e. The smallest absolute Gasteiger partial charge is 0.236 e. The molecule has 0 aromatic heterocycles. The third-order valence-corrected chi connectivity index (χ3v) is 4.04. The van der Waals surface area contributed by atoms with Crippen molar-refractivity contribution in [1.29, 1.82) is 0 Å². The zero-order valence-electron chi connectivity index (χ0n) is 11.9. The van der Waals surface area contributed by atoms with Crippen molar-refractivity contribution in [3.8, 4) is 5.75 Å². The molecule has 2 N–H and O–H groups in total. The highest BCUT2D eigenvalue weighted by Gasteiger charge is 2.51. The second kappa shape index (κ2) is 4.91. The first-order valence-electron chi connectivity index (χ1n) is 7.03. The zero-order chi connectivity index (χ0) is 15.0. The van der Waals surface area contributed by atoms with E-state index >= 15 is 0 Å². The molecule has 110 valence electrons. The number of para-hydroxylation sites is 1. The number of ether oxygens (including phenoxy) is 1. The van der Waals surface area contributed by atoms with E-state index in [0.29, 0.717) is 13.0 Å². The number of hydrogen-bond donors (Lipinski definition) is 2. The topological polar surface area (TPSA) is 67.4 Å². The molecule has 1 fully saturated rings. The third-order valence-electron chi connectivity index (χ3n) is 4.04. The molecule has 5 nitrogen and oxygen atoms in total. The predicted octanol–water partition coefficient (Wildman–Crippen LogP) is 1.32. The number of carbonyl (C=O) groups excluding carboxylic acids is 2. The molecule has 2 aliphatic heterocycles. The van der Waals surface area contributed by atoms with E-state index in [9.17, 15) is 9.59 Å². The lowest BCUT2D eigenvalue weighted by molar-refractivity contribution is -0.147. The van der Waals surface area contributed by atoms with Gasteiger partial charge in [0.05, 0.1) is 0 Å². The van der Waals surface area contributed by atoms with Crippen molar-refractivity contribution in [2.24, 2.45) is 5.92 Å². The summed E-state index contributed by atoms with van der Waals surface area (Å²) in [6, 6.07) is 7.58. The highest BCUT2D eigenvalue weighted by atomic mass is 16.5. The van der Waals surface area contributed by atoms with E-state index in [4.69, 9.17) is 4.74 Å². The van der Waals surface area contributed by atoms with Crippen LogP contribution in [0.5, 0.6) is 5.75 Å². The van der Waals surface area contributed by atoms with Gasteiger partial charge in [0.25, 0.3) is 0 Å². The van der Waals surface area contributed by atoms with Crippen LogP contribution in [0.1, 0.15) is 24.8 Å². The van der Waals surface area contributed by atoms with Gasteiger partial charge < -0.3 is 15.4 Å². The number of amides is 2. The molecule has 1 aromatic rings. The molecule has 2 aliphatic rings. The average molecular weight is 286 g/mol. The minimum atomic E-state index is -0.745. The summed E-state index contributed by atoms with van der Waals surface area (Å²) in [6.07, 6.45) is 2.18. The summed E-state index contributed by atoms with van der Waals surface area (Å²) in [6.45, 7) is 5.76. The normalized spacial score (nSPS) is 29.7. The van der Waals surface area contributed by atoms with Gasteiger partial charge in [-0.25, -0.2) is 0 Å². The van der Waals surface area contributed by atoms with Crippen LogP contribution in [0.25, 0.3) is 0 Å². The number of fused-ring (bicyclic) bond motifs is 4. The lowest BCUT2D eigenvalue weighted by atomic mass is 9.74. The standard InChI is InChI=1S/C16H18N2O3/c1-3-8-17-14(19)13-11-9-16(2,18-15(13)20)21-12-7-5-4-6-10(11)12/h3-7,11,13H,1,8-9H2,2H3,(H,17,19)(H,18,20)/t11-,13+,16-/m0/s1. The van der Waals surface area contributed by atoms with Crippen LogP contribution >= 0.6 is 0 Å². The summed E-state index contributed by atoms with van der Waals surface area (Å²) in [5, 5.41) is 5.54. The Bertz CT molecular complexity index is 613. The van der Waals surface area contributed by atoms with E-state index in [1.165, 1.54) is 0 Å². The first-order chi connectivity index (χ1) is 10.0. The van der Waals surface area contributed by atoms with E-state index in [1.54, 1.807) is 6.08 Å². The number of benzene rings is 1. The first kappa shape index (κ1) is 13.7. The molecule has 0 spiro atoms. The van der Waals surface area contributed by atoms with Gasteiger partial charge >= 0.3 is 0 Å². The SMILES string of the molecule is C=CCNC(=O)[C@@H]1C(=O)N[C@]2(C)C[C@H]1c1ccccc1O2. The van der Waals surface area contributed by atoms with Gasteiger partial charge in [0.1, 0.15) is 11.7 Å². The molecule has 0 unspecified atom stereocenters. The fourth-order valence-electron chi connectivity index (χ4n) is 3.17. The van der Waals surface area contributed by atoms with Crippen molar-refractivity contribution >= 4 is 11.8 Å². The highest BCUT2D eigenvalue weighted by Crippen LogP contribution is 2.46. The molecule has 0 aliphatic carbocycles. The Kier molecular flexibility index (Phi) is 3.20. The number of rotatable bonds is 3. The molecular formula is C16H18N2O3. The van der Waals surface area contributed by atoms with Crippen LogP contribution in [0.3, 0.4) is 0 Å². The maximum absolute atomic E-state index is 12.3. The van der Waals surface area contributed by atoms with Crippen LogP contribution in [0.2, 0.25) is 0 Å². The summed E-state index contributed by atoms with van der Waals surface area (Å²) < 4.78 is 5.89. The second-order valence-corrected chi connectivity index (χ2v) is 5.68. The average Bonchev–Trinajstić information content (AvgIpc) is 2.43. The molecule has 5 heteroatoms. The summed E-state index contributed by atoms with van der Waals surface area (Å²) in [5.41, 5.74) is 0.175. The van der Waals surface area contributed by atoms with Gasteiger partial charge in [-0.15, -0.1) is 6.58 Å². The largest absolute Gasteiger partial charge is 0.468 e. The molecule has 21 heavy (non-hydrogen) atoms. The Balaban J connectivity index is 1.98. The van der Waals surface area contributed by atoms with Crippen molar-refractivity contribution < 1.29 is 14.3 Å². The minimum absolute atomic E-state index is 0.168. The second-order valence-electron chi connectivity index (χ2n) is 5.68. The fraction of sp³-hybridized carbons (Fsp3) is 0.375. The van der Waals surface area contributed by atoms with E-state index < -0.39 is 11.6 Å². The van der Waals surface area contributed by atoms with Gasteiger partial charge in [0, 0.05) is 18.9 Å². The van der Waals surface area contributed by atoms with E-state index in [-0.39, 0.29) is 17.7 Å². The molecule has 2 heterocycles. The van der Waals surface area contributed by atoms with Gasteiger partial charge in [-0.3, -0.25) is 9.59 Å². The Morgan fingerprint density at radius 3 is 3.10 bits per heavy atom. The van der Waals surface area contributed by atoms with E-state index in [1.807, 2.05) is 31.2 Å². The molecule has 0 radical (unpaired) electrons. The lowest BCUT2D eigenvalue weighted by Crippen LogP contribution is -2.62. The molecule has 2 bridgehead atoms. The van der Waals surface area contributed by atoms with Crippen molar-refractivity contribution in [3.05, 3.63) is 42.5 Å². The fourth-order valence-corrected chi connectivity index (χ4v) is 3.17. The van der Waals surface area contributed by atoms with Crippen molar-refractivity contribution in [1.82, 2.24) is 10.6 Å². The van der Waals surface area contributed by atoms with Crippen LogP contribution in [0.15, 0.2) is 36.9 Å². The molecular weight excluding hydrogens is 268 g/mol. The Labute approximate surface area is 123 Å². The van der Waals surface area contributed by atoms with Gasteiger partial charge in [-0.05, 0) is 18.6 Å². The Hall–Kier alpha value is -2.30. The lowest BCUT2D eigenvalue weighted by Gasteiger charge is -2.46. The Morgan fingerprint density at radius 1 is 1.57 bits per heavy atom. The van der Waals surface area contributed by atoms with Crippen molar-refractivity contribution in [2.45, 2.75) is 25.0 Å². The van der Waals surface area contributed by atoms with Gasteiger partial charge in [-0.1, -0.05) is 24.3 Å².